The number of aryl methyl sites for hydroxylation is 2. The molecule has 0 aliphatic heterocycles. The highest BCUT2D eigenvalue weighted by Gasteiger charge is 2.35. The van der Waals surface area contributed by atoms with Gasteiger partial charge in [0.15, 0.2) is 0 Å². The summed E-state index contributed by atoms with van der Waals surface area (Å²) >= 11 is 0. The lowest BCUT2D eigenvalue weighted by molar-refractivity contribution is -0.0252. The molecule has 2 aliphatic rings. The summed E-state index contributed by atoms with van der Waals surface area (Å²) in [5, 5.41) is 7.19. The highest BCUT2D eigenvalue weighted by Crippen LogP contribution is 2.32. The minimum atomic E-state index is -0.122. The number of ether oxygens (including phenoxy) is 2. The molecule has 0 aromatic carbocycles. The molecule has 166 valence electrons. The van der Waals surface area contributed by atoms with Gasteiger partial charge in [0.2, 0.25) is 5.88 Å². The van der Waals surface area contributed by atoms with E-state index >= 15 is 0 Å². The van der Waals surface area contributed by atoms with Crippen molar-refractivity contribution in [3.8, 4) is 17.1 Å². The highest BCUT2D eigenvalue weighted by atomic mass is 16.5. The van der Waals surface area contributed by atoms with Crippen LogP contribution in [0.4, 0.5) is 0 Å². The Morgan fingerprint density at radius 3 is 2.62 bits per heavy atom. The molecule has 0 atom stereocenters. The zero-order chi connectivity index (χ0) is 22.1. The highest BCUT2D eigenvalue weighted by molar-refractivity contribution is 5.94. The molecule has 1 N–H and O–H groups in total. The van der Waals surface area contributed by atoms with E-state index in [9.17, 15) is 4.79 Å². The first kappa shape index (κ1) is 20.6. The molecule has 2 aliphatic carbocycles. The number of nitrogens with zero attached hydrogens (tertiary/aromatic N) is 3. The first-order valence-corrected chi connectivity index (χ1v) is 11.0. The van der Waals surface area contributed by atoms with Crippen molar-refractivity contribution in [1.82, 2.24) is 20.4 Å². The van der Waals surface area contributed by atoms with Crippen LogP contribution in [-0.4, -0.2) is 39.3 Å². The van der Waals surface area contributed by atoms with Crippen molar-refractivity contribution in [2.45, 2.75) is 64.4 Å². The van der Waals surface area contributed by atoms with E-state index in [1.807, 2.05) is 26.0 Å². The van der Waals surface area contributed by atoms with Crippen molar-refractivity contribution in [3.63, 3.8) is 0 Å². The summed E-state index contributed by atoms with van der Waals surface area (Å²) in [6.07, 6.45) is 8.17. The Labute approximate surface area is 186 Å². The standard InChI is InChI=1S/C24H26N4O4/c1-14-3-4-16(11-25-14)23-21(15(2)32-28-23)13-30-22-8-5-17(12-26-22)24(29)27-18-9-20(10-18)31-19-6-7-19/h3-5,8,11-12,18-20H,6-7,9-10,13H2,1-2H3,(H,27,29). The molecule has 0 unspecified atom stereocenters. The molecule has 0 spiro atoms. The van der Waals surface area contributed by atoms with Crippen molar-refractivity contribution in [2.75, 3.05) is 0 Å². The van der Waals surface area contributed by atoms with Gasteiger partial charge in [0.1, 0.15) is 18.1 Å². The predicted octanol–water partition coefficient (Wildman–Crippen LogP) is 3.77. The number of carbonyl (C=O) groups is 1. The Morgan fingerprint density at radius 2 is 1.94 bits per heavy atom. The zero-order valence-electron chi connectivity index (χ0n) is 18.2. The maximum Gasteiger partial charge on any atom is 0.253 e. The normalized spacial score (nSPS) is 19.9. The number of carbonyl (C=O) groups excluding carboxylic acids is 1. The topological polar surface area (TPSA) is 99.4 Å². The van der Waals surface area contributed by atoms with Gasteiger partial charge in [-0.1, -0.05) is 5.16 Å². The van der Waals surface area contributed by atoms with Crippen LogP contribution in [0.5, 0.6) is 5.88 Å². The third kappa shape index (κ3) is 4.65. The lowest BCUT2D eigenvalue weighted by Crippen LogP contribution is -2.48. The van der Waals surface area contributed by atoms with E-state index in [0.717, 1.165) is 29.7 Å². The first-order valence-electron chi connectivity index (χ1n) is 11.0. The van der Waals surface area contributed by atoms with Crippen LogP contribution in [0.1, 0.15) is 53.1 Å². The molecule has 8 heteroatoms. The molecule has 1 amide bonds. The molecule has 3 heterocycles. The number of aromatic nitrogens is 3. The van der Waals surface area contributed by atoms with E-state index in [0.29, 0.717) is 35.1 Å². The molecule has 2 fully saturated rings. The second-order valence-corrected chi connectivity index (χ2v) is 8.53. The van der Waals surface area contributed by atoms with Gasteiger partial charge in [0, 0.05) is 35.8 Å². The molecule has 2 saturated carbocycles. The Morgan fingerprint density at radius 1 is 1.09 bits per heavy atom. The molecule has 5 rings (SSSR count). The van der Waals surface area contributed by atoms with Crippen molar-refractivity contribution in [1.29, 1.82) is 0 Å². The number of amides is 1. The van der Waals surface area contributed by atoms with Crippen LogP contribution in [0.25, 0.3) is 11.3 Å². The summed E-state index contributed by atoms with van der Waals surface area (Å²) in [5.41, 5.74) is 3.86. The van der Waals surface area contributed by atoms with Gasteiger partial charge in [-0.3, -0.25) is 9.78 Å². The van der Waals surface area contributed by atoms with Gasteiger partial charge in [0.25, 0.3) is 5.91 Å². The Balaban J connectivity index is 1.16. The van der Waals surface area contributed by atoms with Gasteiger partial charge in [0.05, 0.1) is 23.3 Å². The van der Waals surface area contributed by atoms with Crippen LogP contribution in [0.3, 0.4) is 0 Å². The summed E-state index contributed by atoms with van der Waals surface area (Å²) in [6.45, 7) is 4.03. The molecule has 0 saturated heterocycles. The van der Waals surface area contributed by atoms with Crippen LogP contribution in [-0.2, 0) is 11.3 Å². The largest absolute Gasteiger partial charge is 0.473 e. The molecule has 0 radical (unpaired) electrons. The molecule has 3 aromatic rings. The summed E-state index contributed by atoms with van der Waals surface area (Å²) < 4.78 is 17.1. The number of pyridine rings is 2. The van der Waals surface area contributed by atoms with Crippen molar-refractivity contribution < 1.29 is 18.8 Å². The summed E-state index contributed by atoms with van der Waals surface area (Å²) in [4.78, 5) is 21.1. The van der Waals surface area contributed by atoms with Crippen LogP contribution in [0.2, 0.25) is 0 Å². The second-order valence-electron chi connectivity index (χ2n) is 8.53. The summed E-state index contributed by atoms with van der Waals surface area (Å²) in [5.74, 6) is 0.987. The van der Waals surface area contributed by atoms with Crippen LogP contribution in [0.15, 0.2) is 41.2 Å². The maximum absolute atomic E-state index is 12.5. The number of rotatable bonds is 8. The van der Waals surface area contributed by atoms with Gasteiger partial charge in [-0.05, 0) is 57.7 Å². The summed E-state index contributed by atoms with van der Waals surface area (Å²) in [6, 6.07) is 7.48. The molecular formula is C24H26N4O4. The average molecular weight is 434 g/mol. The van der Waals surface area contributed by atoms with E-state index in [2.05, 4.69) is 20.4 Å². The fraction of sp³-hybridized carbons (Fsp3) is 0.417. The van der Waals surface area contributed by atoms with Gasteiger partial charge < -0.3 is 19.3 Å². The van der Waals surface area contributed by atoms with Crippen molar-refractivity contribution in [3.05, 3.63) is 59.2 Å². The molecular weight excluding hydrogens is 408 g/mol. The lowest BCUT2D eigenvalue weighted by atomic mass is 9.89. The Kier molecular flexibility index (Phi) is 5.61. The van der Waals surface area contributed by atoms with Crippen LogP contribution < -0.4 is 10.1 Å². The van der Waals surface area contributed by atoms with Crippen LogP contribution >= 0.6 is 0 Å². The van der Waals surface area contributed by atoms with Gasteiger partial charge in [-0.15, -0.1) is 0 Å². The van der Waals surface area contributed by atoms with Gasteiger partial charge in [-0.25, -0.2) is 4.98 Å². The fourth-order valence-electron chi connectivity index (χ4n) is 3.68. The van der Waals surface area contributed by atoms with E-state index in [-0.39, 0.29) is 18.6 Å². The molecule has 32 heavy (non-hydrogen) atoms. The summed E-state index contributed by atoms with van der Waals surface area (Å²) in [7, 11) is 0. The van der Waals surface area contributed by atoms with Gasteiger partial charge >= 0.3 is 0 Å². The van der Waals surface area contributed by atoms with Crippen molar-refractivity contribution >= 4 is 5.91 Å². The predicted molar refractivity (Wildman–Crippen MR) is 116 cm³/mol. The number of nitrogens with one attached hydrogen (secondary N) is 1. The molecule has 0 bridgehead atoms. The van der Waals surface area contributed by atoms with Crippen LogP contribution in [0, 0.1) is 13.8 Å². The first-order chi connectivity index (χ1) is 15.5. The van der Waals surface area contributed by atoms with Gasteiger partial charge in [-0.2, -0.15) is 0 Å². The monoisotopic (exact) mass is 434 g/mol. The third-order valence-corrected chi connectivity index (χ3v) is 5.87. The third-order valence-electron chi connectivity index (χ3n) is 5.87. The minimum absolute atomic E-state index is 0.122. The average Bonchev–Trinajstić information content (AvgIpc) is 3.52. The molecule has 3 aromatic heterocycles. The second kappa shape index (κ2) is 8.70. The van der Waals surface area contributed by atoms with E-state index < -0.39 is 0 Å². The van der Waals surface area contributed by atoms with E-state index in [4.69, 9.17) is 14.0 Å². The minimum Gasteiger partial charge on any atom is -0.473 e. The fourth-order valence-corrected chi connectivity index (χ4v) is 3.68. The molecule has 8 nitrogen and oxygen atoms in total. The van der Waals surface area contributed by atoms with E-state index in [1.54, 1.807) is 18.3 Å². The number of hydrogen-bond acceptors (Lipinski definition) is 7. The zero-order valence-corrected chi connectivity index (χ0v) is 18.2. The lowest BCUT2D eigenvalue weighted by Gasteiger charge is -2.35. The quantitative estimate of drug-likeness (QED) is 0.576. The maximum atomic E-state index is 12.5. The Bertz CT molecular complexity index is 1080. The van der Waals surface area contributed by atoms with E-state index in [1.165, 1.54) is 19.0 Å². The smallest absolute Gasteiger partial charge is 0.253 e. The van der Waals surface area contributed by atoms with Crippen molar-refractivity contribution in [2.24, 2.45) is 0 Å². The SMILES string of the molecule is Cc1ccc(-c2noc(C)c2COc2ccc(C(=O)NC3CC(OC4CC4)C3)cn2)cn1. The number of hydrogen-bond donors (Lipinski definition) is 1. The Hall–Kier alpha value is -3.26.